The van der Waals surface area contributed by atoms with Crippen LogP contribution in [0.1, 0.15) is 37.8 Å². The van der Waals surface area contributed by atoms with Gasteiger partial charge in [-0.25, -0.2) is 0 Å². The third kappa shape index (κ3) is 2.16. The van der Waals surface area contributed by atoms with Crippen LogP contribution in [0.3, 0.4) is 0 Å². The smallest absolute Gasteiger partial charge is 0.0901 e. The molecule has 0 saturated heterocycles. The standard InChI is InChI=1S/C13H20O/c1-5-10-13(3,14-4)12-9-7-6-8-11(12)2/h6-9H,5,10H2,1-4H3. The van der Waals surface area contributed by atoms with E-state index >= 15 is 0 Å². The van der Waals surface area contributed by atoms with Gasteiger partial charge in [-0.2, -0.15) is 0 Å². The Hall–Kier alpha value is -0.820. The van der Waals surface area contributed by atoms with E-state index in [0.29, 0.717) is 0 Å². The van der Waals surface area contributed by atoms with Crippen molar-refractivity contribution in [3.8, 4) is 0 Å². The van der Waals surface area contributed by atoms with Gasteiger partial charge in [0.05, 0.1) is 5.60 Å². The van der Waals surface area contributed by atoms with Crippen LogP contribution in [0.15, 0.2) is 24.3 Å². The van der Waals surface area contributed by atoms with Crippen molar-refractivity contribution in [2.45, 2.75) is 39.2 Å². The molecule has 1 nitrogen and oxygen atoms in total. The summed E-state index contributed by atoms with van der Waals surface area (Å²) in [5, 5.41) is 0. The molecule has 0 fully saturated rings. The minimum absolute atomic E-state index is 0.125. The fourth-order valence-corrected chi connectivity index (χ4v) is 1.99. The lowest BCUT2D eigenvalue weighted by atomic mass is 9.88. The van der Waals surface area contributed by atoms with Crippen molar-refractivity contribution in [2.24, 2.45) is 0 Å². The molecule has 1 heteroatoms. The van der Waals surface area contributed by atoms with Gasteiger partial charge in [0, 0.05) is 7.11 Å². The van der Waals surface area contributed by atoms with E-state index in [1.54, 1.807) is 7.11 Å². The molecular weight excluding hydrogens is 172 g/mol. The first-order valence-electron chi connectivity index (χ1n) is 5.25. The number of hydrogen-bond donors (Lipinski definition) is 0. The summed E-state index contributed by atoms with van der Waals surface area (Å²) in [7, 11) is 1.79. The van der Waals surface area contributed by atoms with Crippen LogP contribution in [0.4, 0.5) is 0 Å². The van der Waals surface area contributed by atoms with Crippen LogP contribution in [0.25, 0.3) is 0 Å². The van der Waals surface area contributed by atoms with E-state index in [1.165, 1.54) is 11.1 Å². The Labute approximate surface area is 87.1 Å². The van der Waals surface area contributed by atoms with Crippen molar-refractivity contribution in [1.29, 1.82) is 0 Å². The highest BCUT2D eigenvalue weighted by molar-refractivity contribution is 5.30. The third-order valence-electron chi connectivity index (χ3n) is 2.89. The van der Waals surface area contributed by atoms with Gasteiger partial charge < -0.3 is 4.74 Å². The van der Waals surface area contributed by atoms with E-state index in [2.05, 4.69) is 45.0 Å². The lowest BCUT2D eigenvalue weighted by molar-refractivity contribution is -0.00659. The van der Waals surface area contributed by atoms with Gasteiger partial charge in [0.25, 0.3) is 0 Å². The average Bonchev–Trinajstić information content (AvgIpc) is 2.18. The molecule has 0 aliphatic rings. The highest BCUT2D eigenvalue weighted by Crippen LogP contribution is 2.31. The van der Waals surface area contributed by atoms with Crippen LogP contribution in [0.5, 0.6) is 0 Å². The quantitative estimate of drug-likeness (QED) is 0.707. The molecule has 0 saturated carbocycles. The molecule has 0 aliphatic carbocycles. The highest BCUT2D eigenvalue weighted by Gasteiger charge is 2.26. The first-order valence-corrected chi connectivity index (χ1v) is 5.25. The molecule has 1 rings (SSSR count). The lowest BCUT2D eigenvalue weighted by Crippen LogP contribution is -2.25. The Morgan fingerprint density at radius 2 is 1.93 bits per heavy atom. The molecule has 0 N–H and O–H groups in total. The van der Waals surface area contributed by atoms with E-state index < -0.39 is 0 Å². The number of methoxy groups -OCH3 is 1. The molecule has 1 aromatic carbocycles. The minimum Gasteiger partial charge on any atom is -0.374 e. The highest BCUT2D eigenvalue weighted by atomic mass is 16.5. The average molecular weight is 192 g/mol. The fraction of sp³-hybridized carbons (Fsp3) is 0.538. The largest absolute Gasteiger partial charge is 0.374 e. The van der Waals surface area contributed by atoms with Crippen molar-refractivity contribution in [1.82, 2.24) is 0 Å². The van der Waals surface area contributed by atoms with Crippen LogP contribution in [0.2, 0.25) is 0 Å². The zero-order valence-corrected chi connectivity index (χ0v) is 9.63. The third-order valence-corrected chi connectivity index (χ3v) is 2.89. The zero-order valence-electron chi connectivity index (χ0n) is 9.63. The molecule has 0 bridgehead atoms. The molecule has 0 heterocycles. The van der Waals surface area contributed by atoms with Gasteiger partial charge in [0.2, 0.25) is 0 Å². The van der Waals surface area contributed by atoms with Crippen LogP contribution in [0, 0.1) is 6.92 Å². The Bertz CT molecular complexity index is 293. The maximum atomic E-state index is 5.65. The molecular formula is C13H20O. The van der Waals surface area contributed by atoms with Crippen molar-refractivity contribution in [3.63, 3.8) is 0 Å². The van der Waals surface area contributed by atoms with Crippen LogP contribution in [-0.4, -0.2) is 7.11 Å². The number of aryl methyl sites for hydroxylation is 1. The normalized spacial score (nSPS) is 15.1. The van der Waals surface area contributed by atoms with Crippen molar-refractivity contribution in [3.05, 3.63) is 35.4 Å². The molecule has 0 aromatic heterocycles. The molecule has 0 radical (unpaired) electrons. The summed E-state index contributed by atoms with van der Waals surface area (Å²) in [5.74, 6) is 0. The summed E-state index contributed by atoms with van der Waals surface area (Å²) in [6.45, 7) is 6.50. The fourth-order valence-electron chi connectivity index (χ4n) is 1.99. The van der Waals surface area contributed by atoms with E-state index in [9.17, 15) is 0 Å². The van der Waals surface area contributed by atoms with Gasteiger partial charge in [-0.05, 0) is 31.4 Å². The molecule has 0 spiro atoms. The second-order valence-corrected chi connectivity index (χ2v) is 4.00. The number of benzene rings is 1. The van der Waals surface area contributed by atoms with Gasteiger partial charge in [0.1, 0.15) is 0 Å². The van der Waals surface area contributed by atoms with Crippen molar-refractivity contribution >= 4 is 0 Å². The minimum atomic E-state index is -0.125. The molecule has 0 amide bonds. The van der Waals surface area contributed by atoms with E-state index in [0.717, 1.165) is 12.8 Å². The Balaban J connectivity index is 3.05. The summed E-state index contributed by atoms with van der Waals surface area (Å²) in [5.41, 5.74) is 2.50. The number of hydrogen-bond acceptors (Lipinski definition) is 1. The lowest BCUT2D eigenvalue weighted by Gasteiger charge is -2.29. The van der Waals surface area contributed by atoms with Gasteiger partial charge in [-0.1, -0.05) is 37.6 Å². The second kappa shape index (κ2) is 4.61. The first-order chi connectivity index (χ1) is 6.64. The maximum Gasteiger partial charge on any atom is 0.0901 e. The second-order valence-electron chi connectivity index (χ2n) is 4.00. The number of ether oxygens (including phenoxy) is 1. The topological polar surface area (TPSA) is 9.23 Å². The SMILES string of the molecule is CCCC(C)(OC)c1ccccc1C. The molecule has 1 unspecified atom stereocenters. The Morgan fingerprint density at radius 1 is 1.29 bits per heavy atom. The molecule has 0 aliphatic heterocycles. The Morgan fingerprint density at radius 3 is 2.43 bits per heavy atom. The monoisotopic (exact) mass is 192 g/mol. The Kier molecular flexibility index (Phi) is 3.70. The molecule has 14 heavy (non-hydrogen) atoms. The van der Waals surface area contributed by atoms with Crippen molar-refractivity contribution in [2.75, 3.05) is 7.11 Å². The predicted octanol–water partition coefficient (Wildman–Crippen LogP) is 3.66. The van der Waals surface area contributed by atoms with Gasteiger partial charge in [-0.3, -0.25) is 0 Å². The van der Waals surface area contributed by atoms with E-state index in [1.807, 2.05) is 0 Å². The van der Waals surface area contributed by atoms with Crippen LogP contribution in [-0.2, 0) is 10.3 Å². The molecule has 78 valence electrons. The van der Waals surface area contributed by atoms with Gasteiger partial charge >= 0.3 is 0 Å². The summed E-state index contributed by atoms with van der Waals surface area (Å²) in [6.07, 6.45) is 2.20. The van der Waals surface area contributed by atoms with Crippen LogP contribution < -0.4 is 0 Å². The maximum absolute atomic E-state index is 5.65. The summed E-state index contributed by atoms with van der Waals surface area (Å²) < 4.78 is 5.65. The van der Waals surface area contributed by atoms with Gasteiger partial charge in [0.15, 0.2) is 0 Å². The van der Waals surface area contributed by atoms with Gasteiger partial charge in [-0.15, -0.1) is 0 Å². The van der Waals surface area contributed by atoms with E-state index in [4.69, 9.17) is 4.74 Å². The zero-order chi connectivity index (χ0) is 10.6. The summed E-state index contributed by atoms with van der Waals surface area (Å²) in [4.78, 5) is 0. The summed E-state index contributed by atoms with van der Waals surface area (Å²) >= 11 is 0. The molecule has 1 aromatic rings. The first kappa shape index (κ1) is 11.3. The molecule has 1 atom stereocenters. The van der Waals surface area contributed by atoms with Crippen molar-refractivity contribution < 1.29 is 4.74 Å². The number of rotatable bonds is 4. The summed E-state index contributed by atoms with van der Waals surface area (Å²) in [6, 6.07) is 8.45. The predicted molar refractivity (Wildman–Crippen MR) is 60.4 cm³/mol. The van der Waals surface area contributed by atoms with Crippen LogP contribution >= 0.6 is 0 Å². The van der Waals surface area contributed by atoms with E-state index in [-0.39, 0.29) is 5.60 Å².